The first-order valence-corrected chi connectivity index (χ1v) is 7.15. The molecule has 0 saturated heterocycles. The maximum atomic E-state index is 11.6. The third kappa shape index (κ3) is 4.63. The van der Waals surface area contributed by atoms with Gasteiger partial charge < -0.3 is 11.5 Å². The molecule has 0 aliphatic rings. The third-order valence-electron chi connectivity index (χ3n) is 2.58. The zero-order valence-electron chi connectivity index (χ0n) is 10.9. The van der Waals surface area contributed by atoms with E-state index in [4.69, 9.17) is 20.5 Å². The normalized spacial score (nSPS) is 10.4. The number of anilines is 2. The van der Waals surface area contributed by atoms with Gasteiger partial charge in [-0.3, -0.25) is 0 Å². The SMILES string of the molecule is Nc1cccc(CO[P+](=O)OCc2cccc(N)c2)c1. The highest BCUT2D eigenvalue weighted by molar-refractivity contribution is 7.33. The van der Waals surface area contributed by atoms with Crippen molar-refractivity contribution >= 4 is 19.6 Å². The summed E-state index contributed by atoms with van der Waals surface area (Å²) in [5, 5.41) is 0. The Balaban J connectivity index is 1.78. The standard InChI is InChI=1S/C14H16N2O3P/c15-13-5-1-3-11(7-13)9-18-20(17)19-10-12-4-2-6-14(16)8-12/h1-8H,9-10,15-16H2/q+1. The van der Waals surface area contributed by atoms with Crippen LogP contribution in [-0.2, 0) is 26.8 Å². The molecule has 0 aromatic heterocycles. The molecule has 0 fully saturated rings. The number of hydrogen-bond acceptors (Lipinski definition) is 5. The number of benzene rings is 2. The molecule has 0 bridgehead atoms. The van der Waals surface area contributed by atoms with Gasteiger partial charge >= 0.3 is 8.25 Å². The summed E-state index contributed by atoms with van der Waals surface area (Å²) in [4.78, 5) is 0. The van der Waals surface area contributed by atoms with Crippen molar-refractivity contribution in [3.8, 4) is 0 Å². The first kappa shape index (κ1) is 14.5. The van der Waals surface area contributed by atoms with Crippen LogP contribution in [0.25, 0.3) is 0 Å². The molecule has 5 nitrogen and oxygen atoms in total. The second-order valence-corrected chi connectivity index (χ2v) is 5.22. The molecule has 0 aliphatic heterocycles. The summed E-state index contributed by atoms with van der Waals surface area (Å²) in [5.74, 6) is 0. The minimum atomic E-state index is -2.18. The lowest BCUT2D eigenvalue weighted by Gasteiger charge is -1.98. The lowest BCUT2D eigenvalue weighted by Crippen LogP contribution is -1.92. The maximum Gasteiger partial charge on any atom is 0.698 e. The smallest absolute Gasteiger partial charge is 0.399 e. The van der Waals surface area contributed by atoms with Gasteiger partial charge in [-0.1, -0.05) is 24.3 Å². The van der Waals surface area contributed by atoms with Crippen LogP contribution >= 0.6 is 8.25 Å². The quantitative estimate of drug-likeness (QED) is 0.630. The summed E-state index contributed by atoms with van der Waals surface area (Å²) >= 11 is 0. The van der Waals surface area contributed by atoms with Gasteiger partial charge in [0, 0.05) is 15.9 Å². The van der Waals surface area contributed by atoms with Gasteiger partial charge in [0.05, 0.1) is 0 Å². The van der Waals surface area contributed by atoms with Crippen LogP contribution in [0, 0.1) is 0 Å². The molecule has 2 aromatic carbocycles. The minimum absolute atomic E-state index is 0.192. The van der Waals surface area contributed by atoms with E-state index in [-0.39, 0.29) is 13.2 Å². The molecular weight excluding hydrogens is 275 g/mol. The Morgan fingerprint density at radius 1 is 0.850 bits per heavy atom. The minimum Gasteiger partial charge on any atom is -0.399 e. The Morgan fingerprint density at radius 3 is 1.70 bits per heavy atom. The predicted octanol–water partition coefficient (Wildman–Crippen LogP) is 3.24. The van der Waals surface area contributed by atoms with Crippen LogP contribution in [0.4, 0.5) is 11.4 Å². The van der Waals surface area contributed by atoms with Crippen molar-refractivity contribution in [1.29, 1.82) is 0 Å². The predicted molar refractivity (Wildman–Crippen MR) is 78.9 cm³/mol. The average Bonchev–Trinajstić information content (AvgIpc) is 2.43. The maximum absolute atomic E-state index is 11.6. The van der Waals surface area contributed by atoms with Gasteiger partial charge in [-0.2, -0.15) is 0 Å². The Hall–Kier alpha value is -1.94. The Morgan fingerprint density at radius 2 is 1.30 bits per heavy atom. The molecule has 104 valence electrons. The molecule has 0 atom stereocenters. The van der Waals surface area contributed by atoms with Crippen molar-refractivity contribution in [2.24, 2.45) is 0 Å². The molecule has 2 aromatic rings. The van der Waals surface area contributed by atoms with Crippen LogP contribution < -0.4 is 11.5 Å². The highest BCUT2D eigenvalue weighted by Crippen LogP contribution is 2.27. The fourth-order valence-corrected chi connectivity index (χ4v) is 2.24. The Kier molecular flexibility index (Phi) is 5.07. The van der Waals surface area contributed by atoms with Crippen LogP contribution in [-0.4, -0.2) is 0 Å². The van der Waals surface area contributed by atoms with E-state index in [9.17, 15) is 4.57 Å². The number of rotatable bonds is 6. The first-order chi connectivity index (χ1) is 9.63. The molecule has 6 heteroatoms. The Bertz CT molecular complexity index is 553. The van der Waals surface area contributed by atoms with Gasteiger partial charge in [0.15, 0.2) is 0 Å². The molecule has 0 amide bonds. The molecule has 20 heavy (non-hydrogen) atoms. The molecule has 0 unspecified atom stereocenters. The van der Waals surface area contributed by atoms with Gasteiger partial charge in [-0.15, -0.1) is 9.05 Å². The van der Waals surface area contributed by atoms with E-state index in [1.54, 1.807) is 24.3 Å². The van der Waals surface area contributed by atoms with E-state index in [2.05, 4.69) is 0 Å². The van der Waals surface area contributed by atoms with Crippen molar-refractivity contribution in [3.05, 3.63) is 59.7 Å². The summed E-state index contributed by atoms with van der Waals surface area (Å²) in [6, 6.07) is 14.4. The Labute approximate surface area is 118 Å². The van der Waals surface area contributed by atoms with E-state index in [0.29, 0.717) is 11.4 Å². The van der Waals surface area contributed by atoms with Gasteiger partial charge in [-0.25, -0.2) is 0 Å². The van der Waals surface area contributed by atoms with Gasteiger partial charge in [0.25, 0.3) is 0 Å². The van der Waals surface area contributed by atoms with Crippen molar-refractivity contribution in [2.75, 3.05) is 11.5 Å². The fraction of sp³-hybridized carbons (Fsp3) is 0.143. The second-order valence-electron chi connectivity index (χ2n) is 4.26. The third-order valence-corrected chi connectivity index (χ3v) is 3.26. The summed E-state index contributed by atoms with van der Waals surface area (Å²) in [6.45, 7) is 0.383. The van der Waals surface area contributed by atoms with Crippen molar-refractivity contribution in [3.63, 3.8) is 0 Å². The number of hydrogen-bond donors (Lipinski definition) is 2. The van der Waals surface area contributed by atoms with Crippen LogP contribution in [0.1, 0.15) is 11.1 Å². The van der Waals surface area contributed by atoms with Gasteiger partial charge in [0.1, 0.15) is 13.2 Å². The van der Waals surface area contributed by atoms with E-state index in [0.717, 1.165) is 11.1 Å². The lowest BCUT2D eigenvalue weighted by molar-refractivity contribution is 0.213. The molecule has 0 aliphatic carbocycles. The number of nitrogen functional groups attached to an aromatic ring is 2. The first-order valence-electron chi connectivity index (χ1n) is 6.05. The molecule has 0 heterocycles. The summed E-state index contributed by atoms with van der Waals surface area (Å²) in [6.07, 6.45) is 0. The zero-order valence-corrected chi connectivity index (χ0v) is 11.8. The van der Waals surface area contributed by atoms with Crippen LogP contribution in [0.15, 0.2) is 48.5 Å². The average molecular weight is 291 g/mol. The summed E-state index contributed by atoms with van der Waals surface area (Å²) < 4.78 is 21.9. The van der Waals surface area contributed by atoms with E-state index in [1.807, 2.05) is 24.3 Å². The number of nitrogens with two attached hydrogens (primary N) is 2. The van der Waals surface area contributed by atoms with E-state index < -0.39 is 8.25 Å². The second kappa shape index (κ2) is 7.01. The molecule has 0 radical (unpaired) electrons. The van der Waals surface area contributed by atoms with Gasteiger partial charge in [-0.05, 0) is 35.4 Å². The van der Waals surface area contributed by atoms with Crippen molar-refractivity contribution in [1.82, 2.24) is 0 Å². The summed E-state index contributed by atoms with van der Waals surface area (Å²) in [7, 11) is -2.18. The molecular formula is C14H16N2O3P+. The van der Waals surface area contributed by atoms with Crippen LogP contribution in [0.3, 0.4) is 0 Å². The highest BCUT2D eigenvalue weighted by atomic mass is 31.1. The van der Waals surface area contributed by atoms with Crippen molar-refractivity contribution < 1.29 is 13.6 Å². The van der Waals surface area contributed by atoms with Crippen LogP contribution in [0.2, 0.25) is 0 Å². The molecule has 4 N–H and O–H groups in total. The topological polar surface area (TPSA) is 87.6 Å². The highest BCUT2D eigenvalue weighted by Gasteiger charge is 2.20. The van der Waals surface area contributed by atoms with Crippen molar-refractivity contribution in [2.45, 2.75) is 13.2 Å². The van der Waals surface area contributed by atoms with E-state index in [1.165, 1.54) is 0 Å². The lowest BCUT2D eigenvalue weighted by atomic mass is 10.2. The van der Waals surface area contributed by atoms with E-state index >= 15 is 0 Å². The van der Waals surface area contributed by atoms with Crippen LogP contribution in [0.5, 0.6) is 0 Å². The largest absolute Gasteiger partial charge is 0.698 e. The monoisotopic (exact) mass is 291 g/mol. The molecule has 0 saturated carbocycles. The van der Waals surface area contributed by atoms with Gasteiger partial charge in [0.2, 0.25) is 0 Å². The summed E-state index contributed by atoms with van der Waals surface area (Å²) in [5.41, 5.74) is 14.3. The molecule has 2 rings (SSSR count). The molecule has 0 spiro atoms. The fourth-order valence-electron chi connectivity index (χ4n) is 1.66. The zero-order chi connectivity index (χ0) is 14.4.